The molecule has 0 bridgehead atoms. The van der Waals surface area contributed by atoms with Crippen molar-refractivity contribution < 1.29 is 4.79 Å². The number of hydrogen-bond donors (Lipinski definition) is 1. The fraction of sp³-hybridized carbons (Fsp3) is 0.750. The van der Waals surface area contributed by atoms with Crippen LogP contribution in [0.4, 0.5) is 4.79 Å². The molecule has 1 N–H and O–H groups in total. The van der Waals surface area contributed by atoms with Crippen molar-refractivity contribution in [3.05, 3.63) is 0 Å². The second kappa shape index (κ2) is 3.87. The van der Waals surface area contributed by atoms with E-state index in [4.69, 9.17) is 0 Å². The highest BCUT2D eigenvalue weighted by atomic mass is 32.1. The quantitative estimate of drug-likeness (QED) is 0.581. The summed E-state index contributed by atoms with van der Waals surface area (Å²) < 4.78 is 0. The molecule has 0 aliphatic carbocycles. The number of carbonyl (C=O) groups excluding carboxylic acids is 1. The van der Waals surface area contributed by atoms with Crippen LogP contribution in [0.5, 0.6) is 0 Å². The van der Waals surface area contributed by atoms with E-state index in [-0.39, 0.29) is 5.24 Å². The molecule has 0 spiro atoms. The van der Waals surface area contributed by atoms with Gasteiger partial charge in [-0.25, -0.2) is 0 Å². The van der Waals surface area contributed by atoms with Gasteiger partial charge in [-0.15, -0.1) is 0 Å². The molecule has 0 aromatic heterocycles. The SMILES string of the molecule is CCCNC(=O)[S]. The molecular formula is C4H8NOS. The van der Waals surface area contributed by atoms with E-state index in [0.29, 0.717) is 6.54 Å². The molecule has 0 aromatic rings. The van der Waals surface area contributed by atoms with Gasteiger partial charge in [0.05, 0.1) is 0 Å². The Balaban J connectivity index is 2.82. The predicted molar refractivity (Wildman–Crippen MR) is 31.3 cm³/mol. The summed E-state index contributed by atoms with van der Waals surface area (Å²) in [5.74, 6) is 0. The van der Waals surface area contributed by atoms with Crippen LogP contribution in [0, 0.1) is 0 Å². The van der Waals surface area contributed by atoms with Gasteiger partial charge in [0, 0.05) is 6.54 Å². The molecule has 0 aliphatic rings. The second-order valence-corrected chi connectivity index (χ2v) is 1.59. The first kappa shape index (κ1) is 6.69. The molecule has 0 rings (SSSR count). The minimum atomic E-state index is -0.359. The molecule has 3 heteroatoms. The van der Waals surface area contributed by atoms with Gasteiger partial charge in [-0.05, 0) is 19.0 Å². The zero-order valence-corrected chi connectivity index (χ0v) is 5.05. The monoisotopic (exact) mass is 118 g/mol. The summed E-state index contributed by atoms with van der Waals surface area (Å²) in [4.78, 5) is 9.91. The van der Waals surface area contributed by atoms with Crippen molar-refractivity contribution in [2.24, 2.45) is 0 Å². The highest BCUT2D eigenvalue weighted by Crippen LogP contribution is 1.75. The molecule has 0 aromatic carbocycles. The van der Waals surface area contributed by atoms with Crippen LogP contribution in [0.1, 0.15) is 13.3 Å². The molecule has 0 fully saturated rings. The average molecular weight is 118 g/mol. The topological polar surface area (TPSA) is 29.1 Å². The minimum absolute atomic E-state index is 0.359. The summed E-state index contributed by atoms with van der Waals surface area (Å²) in [5, 5.41) is 2.11. The molecule has 7 heavy (non-hydrogen) atoms. The van der Waals surface area contributed by atoms with Crippen LogP contribution in [-0.2, 0) is 0 Å². The van der Waals surface area contributed by atoms with Gasteiger partial charge in [-0.1, -0.05) is 6.92 Å². The van der Waals surface area contributed by atoms with Crippen LogP contribution in [0.25, 0.3) is 0 Å². The van der Waals surface area contributed by atoms with Crippen LogP contribution in [-0.4, -0.2) is 11.8 Å². The van der Waals surface area contributed by atoms with E-state index in [9.17, 15) is 4.79 Å². The molecule has 0 saturated heterocycles. The van der Waals surface area contributed by atoms with E-state index in [2.05, 4.69) is 17.9 Å². The van der Waals surface area contributed by atoms with Gasteiger partial charge in [0.2, 0.25) is 0 Å². The second-order valence-electron chi connectivity index (χ2n) is 1.21. The number of amides is 1. The third kappa shape index (κ3) is 5.69. The van der Waals surface area contributed by atoms with Crippen molar-refractivity contribution in [3.63, 3.8) is 0 Å². The fourth-order valence-electron chi connectivity index (χ4n) is 0.227. The number of rotatable bonds is 2. The van der Waals surface area contributed by atoms with Crippen molar-refractivity contribution in [1.29, 1.82) is 0 Å². The zero-order chi connectivity index (χ0) is 5.70. The van der Waals surface area contributed by atoms with E-state index in [0.717, 1.165) is 6.42 Å². The van der Waals surface area contributed by atoms with Crippen LogP contribution >= 0.6 is 12.6 Å². The molecule has 0 unspecified atom stereocenters. The molecule has 1 radical (unpaired) electrons. The Morgan fingerprint density at radius 2 is 2.43 bits per heavy atom. The van der Waals surface area contributed by atoms with Gasteiger partial charge >= 0.3 is 5.24 Å². The Labute approximate surface area is 48.7 Å². The maximum Gasteiger partial charge on any atom is 0.310 e. The Hall–Kier alpha value is -0.310. The molecule has 0 heterocycles. The molecule has 2 nitrogen and oxygen atoms in total. The minimum Gasteiger partial charge on any atom is -0.343 e. The average Bonchev–Trinajstić information content (AvgIpc) is 1.61. The van der Waals surface area contributed by atoms with Gasteiger partial charge in [0.15, 0.2) is 0 Å². The van der Waals surface area contributed by atoms with Crippen molar-refractivity contribution in [3.8, 4) is 0 Å². The van der Waals surface area contributed by atoms with Crippen molar-refractivity contribution in [2.75, 3.05) is 6.54 Å². The highest BCUT2D eigenvalue weighted by Gasteiger charge is 1.86. The van der Waals surface area contributed by atoms with E-state index >= 15 is 0 Å². The zero-order valence-electron chi connectivity index (χ0n) is 4.23. The van der Waals surface area contributed by atoms with Crippen LogP contribution in [0.15, 0.2) is 0 Å². The van der Waals surface area contributed by atoms with E-state index in [1.807, 2.05) is 6.92 Å². The molecule has 0 aliphatic heterocycles. The summed E-state index contributed by atoms with van der Waals surface area (Å²) in [6.07, 6.45) is 0.947. The van der Waals surface area contributed by atoms with Crippen molar-refractivity contribution in [2.45, 2.75) is 13.3 Å². The number of carbonyl (C=O) groups is 1. The maximum absolute atomic E-state index is 9.91. The lowest BCUT2D eigenvalue weighted by atomic mass is 10.5. The first-order valence-electron chi connectivity index (χ1n) is 2.22. The standard InChI is InChI=1S/C4H8NOS/c1-2-3-5-4(6)7/h2-3H2,1H3,(H,5,6). The molecule has 41 valence electrons. The molecule has 0 saturated carbocycles. The Bertz CT molecular complexity index is 64.7. The van der Waals surface area contributed by atoms with Crippen molar-refractivity contribution >= 4 is 17.9 Å². The molecule has 1 amide bonds. The third-order valence-electron chi connectivity index (χ3n) is 0.519. The predicted octanol–water partition coefficient (Wildman–Crippen LogP) is 1.30. The fourth-order valence-corrected chi connectivity index (χ4v) is 0.329. The number of hydrogen-bond acceptors (Lipinski definition) is 1. The summed E-state index contributed by atoms with van der Waals surface area (Å²) >= 11 is 4.19. The van der Waals surface area contributed by atoms with Gasteiger partial charge in [-0.2, -0.15) is 0 Å². The van der Waals surface area contributed by atoms with E-state index in [1.165, 1.54) is 0 Å². The lowest BCUT2D eigenvalue weighted by molar-refractivity contribution is 0.261. The molecular weight excluding hydrogens is 110 g/mol. The molecule has 0 atom stereocenters. The third-order valence-corrected chi connectivity index (χ3v) is 0.664. The smallest absolute Gasteiger partial charge is 0.310 e. The van der Waals surface area contributed by atoms with Crippen LogP contribution < -0.4 is 5.32 Å². The largest absolute Gasteiger partial charge is 0.343 e. The lowest BCUT2D eigenvalue weighted by Crippen LogP contribution is -2.16. The Morgan fingerprint density at radius 1 is 1.86 bits per heavy atom. The van der Waals surface area contributed by atoms with E-state index in [1.54, 1.807) is 0 Å². The summed E-state index contributed by atoms with van der Waals surface area (Å²) in [6, 6.07) is 0. The Kier molecular flexibility index (Phi) is 3.69. The first-order chi connectivity index (χ1) is 3.27. The van der Waals surface area contributed by atoms with Gasteiger partial charge in [0.1, 0.15) is 0 Å². The number of nitrogens with one attached hydrogen (secondary N) is 1. The van der Waals surface area contributed by atoms with Crippen LogP contribution in [0.3, 0.4) is 0 Å². The normalized spacial score (nSPS) is 8.14. The summed E-state index contributed by atoms with van der Waals surface area (Å²) in [7, 11) is 0. The van der Waals surface area contributed by atoms with Crippen LogP contribution in [0.2, 0.25) is 0 Å². The summed E-state index contributed by atoms with van der Waals surface area (Å²) in [5.41, 5.74) is 0. The maximum atomic E-state index is 9.91. The van der Waals surface area contributed by atoms with Gasteiger partial charge in [0.25, 0.3) is 0 Å². The van der Waals surface area contributed by atoms with Gasteiger partial charge in [-0.3, -0.25) is 4.79 Å². The first-order valence-corrected chi connectivity index (χ1v) is 2.63. The van der Waals surface area contributed by atoms with Gasteiger partial charge < -0.3 is 5.32 Å². The highest BCUT2D eigenvalue weighted by molar-refractivity contribution is 7.96. The van der Waals surface area contributed by atoms with E-state index < -0.39 is 0 Å². The lowest BCUT2D eigenvalue weighted by Gasteiger charge is -1.91. The Morgan fingerprint density at radius 3 is 2.57 bits per heavy atom. The summed E-state index contributed by atoms with van der Waals surface area (Å²) in [6.45, 7) is 2.67. The van der Waals surface area contributed by atoms with Crippen molar-refractivity contribution in [1.82, 2.24) is 5.32 Å².